The fourth-order valence-corrected chi connectivity index (χ4v) is 1.80. The second kappa shape index (κ2) is 4.22. The van der Waals surface area contributed by atoms with E-state index in [1.165, 1.54) is 0 Å². The van der Waals surface area contributed by atoms with Gasteiger partial charge in [0.2, 0.25) is 0 Å². The summed E-state index contributed by atoms with van der Waals surface area (Å²) in [5.41, 5.74) is 5.44. The van der Waals surface area contributed by atoms with Gasteiger partial charge in [-0.25, -0.2) is 4.98 Å². The smallest absolute Gasteiger partial charge is 0.149 e. The van der Waals surface area contributed by atoms with Crippen LogP contribution in [0.15, 0.2) is 23.7 Å². The number of thiazole rings is 1. The van der Waals surface area contributed by atoms with Gasteiger partial charge < -0.3 is 11.1 Å². The third kappa shape index (κ3) is 2.41. The van der Waals surface area contributed by atoms with Gasteiger partial charge in [0, 0.05) is 11.6 Å². The number of nitrogens with two attached hydrogens (primary N) is 1. The van der Waals surface area contributed by atoms with Crippen molar-refractivity contribution in [2.24, 2.45) is 0 Å². The molecule has 6 heteroatoms. The number of rotatable bonds is 3. The summed E-state index contributed by atoms with van der Waals surface area (Å²) in [6, 6.07) is 3.64. The second-order valence-electron chi connectivity index (χ2n) is 3.08. The highest BCUT2D eigenvalue weighted by Crippen LogP contribution is 2.19. The zero-order valence-corrected chi connectivity index (χ0v) is 9.03. The van der Waals surface area contributed by atoms with Crippen LogP contribution in [0.25, 0.3) is 0 Å². The fourth-order valence-electron chi connectivity index (χ4n) is 1.15. The molecule has 2 aromatic heterocycles. The molecule has 0 saturated carbocycles. The quantitative estimate of drug-likeness (QED) is 0.824. The molecule has 0 aliphatic rings. The molecule has 0 aromatic carbocycles. The second-order valence-corrected chi connectivity index (χ2v) is 4.01. The third-order valence-electron chi connectivity index (χ3n) is 1.87. The summed E-state index contributed by atoms with van der Waals surface area (Å²) >= 11 is 1.61. The highest BCUT2D eigenvalue weighted by molar-refractivity contribution is 7.09. The van der Waals surface area contributed by atoms with E-state index in [4.69, 9.17) is 5.73 Å². The minimum Gasteiger partial charge on any atom is -0.382 e. The van der Waals surface area contributed by atoms with E-state index in [-0.39, 0.29) is 6.04 Å². The van der Waals surface area contributed by atoms with E-state index in [0.29, 0.717) is 11.6 Å². The van der Waals surface area contributed by atoms with Crippen LogP contribution >= 0.6 is 11.3 Å². The van der Waals surface area contributed by atoms with Gasteiger partial charge >= 0.3 is 0 Å². The molecule has 0 aliphatic carbocycles. The molecule has 0 radical (unpaired) electrons. The highest BCUT2D eigenvalue weighted by atomic mass is 32.1. The average molecular weight is 221 g/mol. The number of hydrogen-bond acceptors (Lipinski definition) is 6. The molecule has 78 valence electrons. The molecule has 15 heavy (non-hydrogen) atoms. The number of nitrogen functional groups attached to an aromatic ring is 1. The van der Waals surface area contributed by atoms with Crippen molar-refractivity contribution >= 4 is 23.0 Å². The van der Waals surface area contributed by atoms with Gasteiger partial charge in [-0.1, -0.05) is 0 Å². The molecule has 5 nitrogen and oxygen atoms in total. The predicted octanol–water partition coefficient (Wildman–Crippen LogP) is 1.69. The SMILES string of the molecule is CC(Nc1ccc(N)nn1)c1nccs1. The van der Waals surface area contributed by atoms with Crippen LogP contribution in [0.5, 0.6) is 0 Å². The Bertz CT molecular complexity index is 411. The summed E-state index contributed by atoms with van der Waals surface area (Å²) in [6.45, 7) is 2.02. The summed E-state index contributed by atoms with van der Waals surface area (Å²) in [7, 11) is 0. The lowest BCUT2D eigenvalue weighted by molar-refractivity contribution is 0.850. The Morgan fingerprint density at radius 1 is 1.40 bits per heavy atom. The molecule has 0 amide bonds. The van der Waals surface area contributed by atoms with Gasteiger partial charge in [-0.05, 0) is 19.1 Å². The Balaban J connectivity index is 2.06. The molecular formula is C9H11N5S. The lowest BCUT2D eigenvalue weighted by Crippen LogP contribution is -2.08. The van der Waals surface area contributed by atoms with E-state index < -0.39 is 0 Å². The van der Waals surface area contributed by atoms with Crippen LogP contribution in [-0.2, 0) is 0 Å². The van der Waals surface area contributed by atoms with E-state index >= 15 is 0 Å². The molecular weight excluding hydrogens is 210 g/mol. The summed E-state index contributed by atoms with van der Waals surface area (Å²) in [4.78, 5) is 4.21. The van der Waals surface area contributed by atoms with Crippen LogP contribution in [0.1, 0.15) is 18.0 Å². The predicted molar refractivity (Wildman–Crippen MR) is 60.6 cm³/mol. The largest absolute Gasteiger partial charge is 0.382 e. The normalized spacial score (nSPS) is 12.3. The van der Waals surface area contributed by atoms with Crippen molar-refractivity contribution in [3.05, 3.63) is 28.7 Å². The number of anilines is 2. The summed E-state index contributed by atoms with van der Waals surface area (Å²) in [6.07, 6.45) is 1.78. The van der Waals surface area contributed by atoms with Gasteiger partial charge in [-0.3, -0.25) is 0 Å². The van der Waals surface area contributed by atoms with Crippen LogP contribution in [0, 0.1) is 0 Å². The lowest BCUT2D eigenvalue weighted by atomic mass is 10.3. The Labute approximate surface area is 91.4 Å². The van der Waals surface area contributed by atoms with Crippen LogP contribution in [0.2, 0.25) is 0 Å². The molecule has 2 heterocycles. The lowest BCUT2D eigenvalue weighted by Gasteiger charge is -2.10. The van der Waals surface area contributed by atoms with E-state index in [9.17, 15) is 0 Å². The molecule has 0 saturated heterocycles. The third-order valence-corrected chi connectivity index (χ3v) is 2.83. The first-order valence-corrected chi connectivity index (χ1v) is 5.39. The number of nitrogens with one attached hydrogen (secondary N) is 1. The first kappa shape index (κ1) is 9.85. The maximum atomic E-state index is 5.44. The minimum absolute atomic E-state index is 0.128. The molecule has 1 unspecified atom stereocenters. The van der Waals surface area contributed by atoms with Crippen molar-refractivity contribution in [2.75, 3.05) is 11.1 Å². The van der Waals surface area contributed by atoms with Gasteiger partial charge in [0.25, 0.3) is 0 Å². The maximum absolute atomic E-state index is 5.44. The van der Waals surface area contributed by atoms with E-state index in [1.54, 1.807) is 29.7 Å². The van der Waals surface area contributed by atoms with E-state index in [0.717, 1.165) is 5.01 Å². The van der Waals surface area contributed by atoms with Gasteiger partial charge in [-0.15, -0.1) is 21.5 Å². The summed E-state index contributed by atoms with van der Waals surface area (Å²) in [5, 5.41) is 13.8. The fraction of sp³-hybridized carbons (Fsp3) is 0.222. The van der Waals surface area contributed by atoms with Crippen molar-refractivity contribution in [3.63, 3.8) is 0 Å². The van der Waals surface area contributed by atoms with Crippen LogP contribution in [-0.4, -0.2) is 15.2 Å². The molecule has 2 rings (SSSR count). The number of aromatic nitrogens is 3. The van der Waals surface area contributed by atoms with Crippen LogP contribution in [0.4, 0.5) is 11.6 Å². The van der Waals surface area contributed by atoms with E-state index in [1.807, 2.05) is 12.3 Å². The topological polar surface area (TPSA) is 76.7 Å². The Hall–Kier alpha value is -1.69. The molecule has 0 bridgehead atoms. The highest BCUT2D eigenvalue weighted by Gasteiger charge is 2.08. The van der Waals surface area contributed by atoms with Crippen molar-refractivity contribution < 1.29 is 0 Å². The van der Waals surface area contributed by atoms with Crippen LogP contribution in [0.3, 0.4) is 0 Å². The summed E-state index contributed by atoms with van der Waals surface area (Å²) in [5.74, 6) is 1.12. The average Bonchev–Trinajstić information content (AvgIpc) is 2.74. The van der Waals surface area contributed by atoms with Crippen LogP contribution < -0.4 is 11.1 Å². The Morgan fingerprint density at radius 2 is 2.27 bits per heavy atom. The van der Waals surface area contributed by atoms with Gasteiger partial charge in [0.15, 0.2) is 0 Å². The van der Waals surface area contributed by atoms with Crippen molar-refractivity contribution in [1.29, 1.82) is 0 Å². The van der Waals surface area contributed by atoms with Crippen molar-refractivity contribution in [3.8, 4) is 0 Å². The van der Waals surface area contributed by atoms with Crippen molar-refractivity contribution in [1.82, 2.24) is 15.2 Å². The Morgan fingerprint density at radius 3 is 2.87 bits per heavy atom. The number of nitrogens with zero attached hydrogens (tertiary/aromatic N) is 3. The first-order chi connectivity index (χ1) is 7.25. The monoisotopic (exact) mass is 221 g/mol. The van der Waals surface area contributed by atoms with Crippen molar-refractivity contribution in [2.45, 2.75) is 13.0 Å². The summed E-state index contributed by atoms with van der Waals surface area (Å²) < 4.78 is 0. The molecule has 0 fully saturated rings. The standard InChI is InChI=1S/C9H11N5S/c1-6(9-11-4-5-15-9)12-8-3-2-7(10)13-14-8/h2-6H,1H3,(H2,10,13)(H,12,14). The molecule has 1 atom stereocenters. The first-order valence-electron chi connectivity index (χ1n) is 4.51. The van der Waals surface area contributed by atoms with E-state index in [2.05, 4.69) is 20.5 Å². The number of hydrogen-bond donors (Lipinski definition) is 2. The molecule has 2 aromatic rings. The zero-order valence-electron chi connectivity index (χ0n) is 8.21. The Kier molecular flexibility index (Phi) is 2.77. The maximum Gasteiger partial charge on any atom is 0.149 e. The molecule has 3 N–H and O–H groups in total. The van der Waals surface area contributed by atoms with Gasteiger partial charge in [0.1, 0.15) is 16.6 Å². The zero-order chi connectivity index (χ0) is 10.7. The molecule has 0 spiro atoms. The van der Waals surface area contributed by atoms with Gasteiger partial charge in [-0.2, -0.15) is 0 Å². The molecule has 0 aliphatic heterocycles. The van der Waals surface area contributed by atoms with Gasteiger partial charge in [0.05, 0.1) is 6.04 Å². The minimum atomic E-state index is 0.128.